The van der Waals surface area contributed by atoms with E-state index in [2.05, 4.69) is 4.74 Å². The van der Waals surface area contributed by atoms with Crippen LogP contribution in [0, 0.1) is 5.92 Å². The van der Waals surface area contributed by atoms with Crippen LogP contribution in [-0.4, -0.2) is 41.7 Å². The van der Waals surface area contributed by atoms with Gasteiger partial charge < -0.3 is 14.7 Å². The summed E-state index contributed by atoms with van der Waals surface area (Å²) < 4.78 is 42.7. The highest BCUT2D eigenvalue weighted by atomic mass is 19.4. The molecule has 0 bridgehead atoms. The molecule has 5 nitrogen and oxygen atoms in total. The second kappa shape index (κ2) is 6.47. The van der Waals surface area contributed by atoms with Gasteiger partial charge in [0.05, 0.1) is 19.4 Å². The standard InChI is InChI=1S/C15H16F3NO4/c1-23-13(21)6-10-4-9-2-3-12(20)5-11(9)7-19(14(10)22)8-15(16,17)18/h2-3,5,10,20H,4,6-8H2,1H3. The van der Waals surface area contributed by atoms with Gasteiger partial charge in [-0.3, -0.25) is 9.59 Å². The van der Waals surface area contributed by atoms with Crippen LogP contribution >= 0.6 is 0 Å². The van der Waals surface area contributed by atoms with Gasteiger partial charge in [0.2, 0.25) is 5.91 Å². The van der Waals surface area contributed by atoms with Crippen molar-refractivity contribution in [2.45, 2.75) is 25.6 Å². The van der Waals surface area contributed by atoms with Gasteiger partial charge >= 0.3 is 12.1 Å². The summed E-state index contributed by atoms with van der Waals surface area (Å²) in [7, 11) is 1.16. The molecule has 1 amide bonds. The van der Waals surface area contributed by atoms with Crippen molar-refractivity contribution in [2.24, 2.45) is 5.92 Å². The molecule has 1 aromatic carbocycles. The maximum Gasteiger partial charge on any atom is 0.406 e. The lowest BCUT2D eigenvalue weighted by Gasteiger charge is -2.25. The van der Waals surface area contributed by atoms with E-state index in [4.69, 9.17) is 0 Å². The van der Waals surface area contributed by atoms with Crippen LogP contribution in [0.3, 0.4) is 0 Å². The molecule has 0 aromatic heterocycles. The third kappa shape index (κ3) is 4.37. The highest BCUT2D eigenvalue weighted by Gasteiger charge is 2.38. The van der Waals surface area contributed by atoms with E-state index in [0.717, 1.165) is 7.11 Å². The summed E-state index contributed by atoms with van der Waals surface area (Å²) in [5.74, 6) is -2.41. The van der Waals surface area contributed by atoms with E-state index in [9.17, 15) is 27.9 Å². The zero-order chi connectivity index (χ0) is 17.2. The number of amides is 1. The highest BCUT2D eigenvalue weighted by molar-refractivity contribution is 5.84. The lowest BCUT2D eigenvalue weighted by Crippen LogP contribution is -2.41. The van der Waals surface area contributed by atoms with E-state index in [1.807, 2.05) is 0 Å². The zero-order valence-electron chi connectivity index (χ0n) is 12.4. The largest absolute Gasteiger partial charge is 0.508 e. The Labute approximate surface area is 130 Å². The zero-order valence-corrected chi connectivity index (χ0v) is 12.4. The number of methoxy groups -OCH3 is 1. The predicted molar refractivity (Wildman–Crippen MR) is 73.4 cm³/mol. The Kier molecular flexibility index (Phi) is 4.82. The molecule has 0 saturated carbocycles. The average Bonchev–Trinajstić information content (AvgIpc) is 2.56. The van der Waals surface area contributed by atoms with Gasteiger partial charge in [-0.25, -0.2) is 0 Å². The minimum absolute atomic E-state index is 0.0884. The number of hydrogen-bond donors (Lipinski definition) is 1. The van der Waals surface area contributed by atoms with Gasteiger partial charge in [0, 0.05) is 6.54 Å². The topological polar surface area (TPSA) is 66.8 Å². The monoisotopic (exact) mass is 331 g/mol. The lowest BCUT2D eigenvalue weighted by atomic mass is 9.94. The fraction of sp³-hybridized carbons (Fsp3) is 0.467. The molecule has 0 spiro atoms. The molecule has 1 N–H and O–H groups in total. The maximum atomic E-state index is 12.7. The summed E-state index contributed by atoms with van der Waals surface area (Å²) in [5, 5.41) is 9.51. The molecule has 1 atom stereocenters. The fourth-order valence-corrected chi connectivity index (χ4v) is 2.65. The van der Waals surface area contributed by atoms with Crippen molar-refractivity contribution in [3.63, 3.8) is 0 Å². The van der Waals surface area contributed by atoms with Gasteiger partial charge in [-0.1, -0.05) is 6.07 Å². The van der Waals surface area contributed by atoms with E-state index >= 15 is 0 Å². The summed E-state index contributed by atoms with van der Waals surface area (Å²) >= 11 is 0. The maximum absolute atomic E-state index is 12.7. The minimum Gasteiger partial charge on any atom is -0.508 e. The molecule has 0 aliphatic carbocycles. The number of rotatable bonds is 3. The second-order valence-corrected chi connectivity index (χ2v) is 5.44. The van der Waals surface area contributed by atoms with Gasteiger partial charge in [-0.15, -0.1) is 0 Å². The molecule has 1 aromatic rings. The number of hydrogen-bond acceptors (Lipinski definition) is 4. The number of fused-ring (bicyclic) bond motifs is 1. The van der Waals surface area contributed by atoms with Crippen LogP contribution in [0.1, 0.15) is 17.5 Å². The molecular formula is C15H16F3NO4. The van der Waals surface area contributed by atoms with Crippen LogP contribution in [0.4, 0.5) is 13.2 Å². The molecule has 23 heavy (non-hydrogen) atoms. The van der Waals surface area contributed by atoms with Crippen LogP contribution in [-0.2, 0) is 27.3 Å². The SMILES string of the molecule is COC(=O)CC1Cc2ccc(O)cc2CN(CC(F)(F)F)C1=O. The lowest BCUT2D eigenvalue weighted by molar-refractivity contribution is -0.165. The first kappa shape index (κ1) is 17.1. The molecule has 0 radical (unpaired) electrons. The van der Waals surface area contributed by atoms with E-state index in [-0.39, 0.29) is 25.1 Å². The number of benzene rings is 1. The van der Waals surface area contributed by atoms with Gasteiger partial charge in [0.1, 0.15) is 12.3 Å². The fourth-order valence-electron chi connectivity index (χ4n) is 2.65. The van der Waals surface area contributed by atoms with Crippen LogP contribution in [0.15, 0.2) is 18.2 Å². The number of carbonyl (C=O) groups excluding carboxylic acids is 2. The third-order valence-corrected chi connectivity index (χ3v) is 3.69. The number of ether oxygens (including phenoxy) is 1. The van der Waals surface area contributed by atoms with Crippen molar-refractivity contribution >= 4 is 11.9 Å². The third-order valence-electron chi connectivity index (χ3n) is 3.69. The highest BCUT2D eigenvalue weighted by Crippen LogP contribution is 2.29. The molecular weight excluding hydrogens is 315 g/mol. The molecule has 8 heteroatoms. The Hall–Kier alpha value is -2.25. The van der Waals surface area contributed by atoms with Gasteiger partial charge in [0.15, 0.2) is 0 Å². The quantitative estimate of drug-likeness (QED) is 0.861. The van der Waals surface area contributed by atoms with Crippen LogP contribution in [0.2, 0.25) is 0 Å². The summed E-state index contributed by atoms with van der Waals surface area (Å²) in [6.45, 7) is -1.67. The first-order valence-corrected chi connectivity index (χ1v) is 6.92. The van der Waals surface area contributed by atoms with Gasteiger partial charge in [-0.05, 0) is 29.7 Å². The predicted octanol–water partition coefficient (Wildman–Crippen LogP) is 2.02. The van der Waals surface area contributed by atoms with Crippen molar-refractivity contribution in [1.29, 1.82) is 0 Å². The van der Waals surface area contributed by atoms with Gasteiger partial charge in [-0.2, -0.15) is 13.2 Å². The van der Waals surface area contributed by atoms with Crippen LogP contribution < -0.4 is 0 Å². The Morgan fingerprint density at radius 3 is 2.70 bits per heavy atom. The Balaban J connectivity index is 2.36. The summed E-state index contributed by atoms with van der Waals surface area (Å²) in [4.78, 5) is 24.5. The van der Waals surface area contributed by atoms with Crippen molar-refractivity contribution < 1.29 is 32.6 Å². The van der Waals surface area contributed by atoms with Crippen LogP contribution in [0.25, 0.3) is 0 Å². The minimum atomic E-state index is -4.55. The molecule has 1 heterocycles. The first-order valence-electron chi connectivity index (χ1n) is 6.92. The number of nitrogens with zero attached hydrogens (tertiary/aromatic N) is 1. The van der Waals surface area contributed by atoms with E-state index in [1.165, 1.54) is 12.1 Å². The number of esters is 1. The summed E-state index contributed by atoms with van der Waals surface area (Å²) in [6, 6.07) is 4.30. The Morgan fingerprint density at radius 2 is 2.09 bits per heavy atom. The molecule has 126 valence electrons. The molecule has 0 fully saturated rings. The molecule has 1 aliphatic heterocycles. The smallest absolute Gasteiger partial charge is 0.406 e. The van der Waals surface area contributed by atoms with Crippen molar-refractivity contribution in [1.82, 2.24) is 4.90 Å². The molecule has 2 rings (SSSR count). The number of phenolic OH excluding ortho intramolecular Hbond substituents is 1. The summed E-state index contributed by atoms with van der Waals surface area (Å²) in [6.07, 6.45) is -4.71. The van der Waals surface area contributed by atoms with Crippen molar-refractivity contribution in [3.8, 4) is 5.75 Å². The van der Waals surface area contributed by atoms with E-state index in [1.54, 1.807) is 6.07 Å². The Bertz CT molecular complexity index is 615. The van der Waals surface area contributed by atoms with Crippen molar-refractivity contribution in [2.75, 3.05) is 13.7 Å². The van der Waals surface area contributed by atoms with E-state index < -0.39 is 30.5 Å². The second-order valence-electron chi connectivity index (χ2n) is 5.44. The number of halogens is 3. The van der Waals surface area contributed by atoms with Crippen LogP contribution in [0.5, 0.6) is 5.75 Å². The summed E-state index contributed by atoms with van der Waals surface area (Å²) in [5.41, 5.74) is 1.07. The number of carbonyl (C=O) groups is 2. The normalized spacial score (nSPS) is 18.3. The number of phenols is 1. The molecule has 1 aliphatic rings. The molecule has 0 saturated heterocycles. The van der Waals surface area contributed by atoms with Crippen molar-refractivity contribution in [3.05, 3.63) is 29.3 Å². The number of alkyl halides is 3. The molecule has 1 unspecified atom stereocenters. The van der Waals surface area contributed by atoms with Gasteiger partial charge in [0.25, 0.3) is 0 Å². The van der Waals surface area contributed by atoms with E-state index in [0.29, 0.717) is 16.0 Å². The first-order chi connectivity index (χ1) is 10.7. The average molecular weight is 331 g/mol. The number of aromatic hydroxyl groups is 1. The Morgan fingerprint density at radius 1 is 1.39 bits per heavy atom.